The van der Waals surface area contributed by atoms with Crippen molar-refractivity contribution in [1.82, 2.24) is 20.1 Å². The third-order valence-electron chi connectivity index (χ3n) is 2.58. The van der Waals surface area contributed by atoms with E-state index in [1.807, 2.05) is 18.7 Å². The van der Waals surface area contributed by atoms with Crippen molar-refractivity contribution in [3.05, 3.63) is 12.2 Å². The first-order chi connectivity index (χ1) is 7.59. The molecule has 0 bridgehead atoms. The Balaban J connectivity index is 2.60. The quantitative estimate of drug-likeness (QED) is 0.714. The monoisotopic (exact) mass is 226 g/mol. The fraction of sp³-hybridized carbons (Fsp3) is 0.818. The van der Waals surface area contributed by atoms with Crippen LogP contribution in [0.4, 0.5) is 0 Å². The number of aliphatic hydroxyl groups is 1. The predicted octanol–water partition coefficient (Wildman–Crippen LogP) is 0.591. The lowest BCUT2D eigenvalue weighted by atomic mass is 9.98. The smallest absolute Gasteiger partial charge is 0.138 e. The van der Waals surface area contributed by atoms with Gasteiger partial charge in [0.05, 0.1) is 5.60 Å². The van der Waals surface area contributed by atoms with Crippen LogP contribution in [0.3, 0.4) is 0 Å². The van der Waals surface area contributed by atoms with Crippen molar-refractivity contribution in [3.63, 3.8) is 0 Å². The van der Waals surface area contributed by atoms with Crippen molar-refractivity contribution in [3.8, 4) is 0 Å². The molecule has 5 heteroatoms. The van der Waals surface area contributed by atoms with Crippen LogP contribution in [0.5, 0.6) is 0 Å². The molecule has 2 N–H and O–H groups in total. The van der Waals surface area contributed by atoms with Crippen LogP contribution in [0.15, 0.2) is 6.33 Å². The van der Waals surface area contributed by atoms with E-state index in [1.165, 1.54) is 0 Å². The fourth-order valence-electron chi connectivity index (χ4n) is 1.65. The summed E-state index contributed by atoms with van der Waals surface area (Å²) in [6.07, 6.45) is 3.84. The maximum Gasteiger partial charge on any atom is 0.138 e. The van der Waals surface area contributed by atoms with Gasteiger partial charge in [0.25, 0.3) is 0 Å². The maximum absolute atomic E-state index is 10.2. The van der Waals surface area contributed by atoms with Gasteiger partial charge in [-0.1, -0.05) is 6.92 Å². The molecule has 0 saturated carbocycles. The first-order valence-electron chi connectivity index (χ1n) is 5.82. The van der Waals surface area contributed by atoms with Gasteiger partial charge in [-0.25, -0.2) is 4.98 Å². The maximum atomic E-state index is 10.2. The minimum atomic E-state index is -0.721. The Labute approximate surface area is 96.9 Å². The summed E-state index contributed by atoms with van der Waals surface area (Å²) >= 11 is 0. The Kier molecular flexibility index (Phi) is 4.89. The molecule has 1 atom stereocenters. The number of nitrogens with zero attached hydrogens (tertiary/aromatic N) is 3. The van der Waals surface area contributed by atoms with E-state index in [0.717, 1.165) is 25.3 Å². The van der Waals surface area contributed by atoms with Gasteiger partial charge in [0.2, 0.25) is 0 Å². The molecule has 1 aromatic rings. The van der Waals surface area contributed by atoms with Crippen molar-refractivity contribution in [2.75, 3.05) is 13.6 Å². The molecule has 0 saturated heterocycles. The van der Waals surface area contributed by atoms with Crippen LogP contribution in [-0.2, 0) is 13.0 Å². The largest absolute Gasteiger partial charge is 0.390 e. The van der Waals surface area contributed by atoms with Gasteiger partial charge in [-0.2, -0.15) is 5.10 Å². The van der Waals surface area contributed by atoms with Crippen LogP contribution >= 0.6 is 0 Å². The van der Waals surface area contributed by atoms with Crippen LogP contribution in [0.1, 0.15) is 32.5 Å². The topological polar surface area (TPSA) is 63.0 Å². The average molecular weight is 226 g/mol. The van der Waals surface area contributed by atoms with Gasteiger partial charge in [0.15, 0.2) is 0 Å². The Bertz CT molecular complexity index is 309. The van der Waals surface area contributed by atoms with E-state index < -0.39 is 5.60 Å². The molecular weight excluding hydrogens is 204 g/mol. The Hall–Kier alpha value is -0.940. The summed E-state index contributed by atoms with van der Waals surface area (Å²) in [4.78, 5) is 4.20. The van der Waals surface area contributed by atoms with Crippen molar-refractivity contribution in [2.24, 2.45) is 0 Å². The first kappa shape index (κ1) is 13.1. The second-order valence-corrected chi connectivity index (χ2v) is 4.43. The minimum Gasteiger partial charge on any atom is -0.390 e. The van der Waals surface area contributed by atoms with E-state index in [0.29, 0.717) is 12.8 Å². The summed E-state index contributed by atoms with van der Waals surface area (Å²) in [6, 6.07) is 0. The molecule has 1 unspecified atom stereocenters. The van der Waals surface area contributed by atoms with Crippen LogP contribution in [0.2, 0.25) is 0 Å². The normalized spacial score (nSPS) is 15.0. The minimum absolute atomic E-state index is 0.550. The van der Waals surface area contributed by atoms with Crippen LogP contribution in [-0.4, -0.2) is 39.1 Å². The van der Waals surface area contributed by atoms with Gasteiger partial charge in [0, 0.05) is 13.0 Å². The fourth-order valence-corrected chi connectivity index (χ4v) is 1.65. The highest BCUT2D eigenvalue weighted by Crippen LogP contribution is 2.14. The summed E-state index contributed by atoms with van der Waals surface area (Å²) in [7, 11) is 1.88. The average Bonchev–Trinajstić information content (AvgIpc) is 2.63. The van der Waals surface area contributed by atoms with Gasteiger partial charge in [-0.3, -0.25) is 4.68 Å². The number of rotatable bonds is 7. The van der Waals surface area contributed by atoms with Crippen LogP contribution < -0.4 is 5.32 Å². The molecule has 0 aliphatic heterocycles. The number of nitrogens with one attached hydrogen (secondary N) is 1. The van der Waals surface area contributed by atoms with E-state index in [1.54, 1.807) is 6.33 Å². The summed E-state index contributed by atoms with van der Waals surface area (Å²) in [5.74, 6) is 0.864. The van der Waals surface area contributed by atoms with Crippen molar-refractivity contribution < 1.29 is 5.11 Å². The molecule has 1 aromatic heterocycles. The van der Waals surface area contributed by atoms with Crippen LogP contribution in [0, 0.1) is 0 Å². The van der Waals surface area contributed by atoms with E-state index >= 15 is 0 Å². The van der Waals surface area contributed by atoms with Crippen molar-refractivity contribution >= 4 is 0 Å². The third-order valence-corrected chi connectivity index (χ3v) is 2.58. The van der Waals surface area contributed by atoms with E-state index in [4.69, 9.17) is 0 Å². The molecule has 0 amide bonds. The molecule has 0 fully saturated rings. The van der Waals surface area contributed by atoms with Gasteiger partial charge in [-0.05, 0) is 33.4 Å². The van der Waals surface area contributed by atoms with E-state index in [-0.39, 0.29) is 0 Å². The molecule has 0 radical (unpaired) electrons. The molecule has 16 heavy (non-hydrogen) atoms. The standard InChI is InChI=1S/C11H22N4O/c1-4-7-15-10(13-9-14-15)8-11(2,16)5-6-12-3/h9,12,16H,4-8H2,1-3H3. The Morgan fingerprint density at radius 2 is 2.31 bits per heavy atom. The number of hydrogen-bond acceptors (Lipinski definition) is 4. The number of hydrogen-bond donors (Lipinski definition) is 2. The second-order valence-electron chi connectivity index (χ2n) is 4.43. The number of aromatic nitrogens is 3. The zero-order valence-corrected chi connectivity index (χ0v) is 10.4. The molecular formula is C11H22N4O. The van der Waals surface area contributed by atoms with Gasteiger partial charge in [-0.15, -0.1) is 0 Å². The highest BCUT2D eigenvalue weighted by molar-refractivity contribution is 4.93. The first-order valence-corrected chi connectivity index (χ1v) is 5.82. The molecule has 0 spiro atoms. The van der Waals surface area contributed by atoms with Gasteiger partial charge in [0.1, 0.15) is 12.2 Å². The zero-order valence-electron chi connectivity index (χ0n) is 10.4. The molecule has 0 aliphatic carbocycles. The molecule has 1 rings (SSSR count). The van der Waals surface area contributed by atoms with Gasteiger partial charge >= 0.3 is 0 Å². The summed E-state index contributed by atoms with van der Waals surface area (Å²) in [6.45, 7) is 5.60. The van der Waals surface area contributed by atoms with Crippen molar-refractivity contribution in [2.45, 2.75) is 45.3 Å². The SMILES string of the molecule is CCCn1ncnc1CC(C)(O)CCNC. The molecule has 5 nitrogen and oxygen atoms in total. The lowest BCUT2D eigenvalue weighted by molar-refractivity contribution is 0.0489. The Morgan fingerprint density at radius 3 is 2.94 bits per heavy atom. The summed E-state index contributed by atoms with van der Waals surface area (Å²) in [5, 5.41) is 17.4. The molecule has 0 aromatic carbocycles. The summed E-state index contributed by atoms with van der Waals surface area (Å²) in [5.41, 5.74) is -0.721. The van der Waals surface area contributed by atoms with E-state index in [2.05, 4.69) is 22.3 Å². The highest BCUT2D eigenvalue weighted by Gasteiger charge is 2.23. The highest BCUT2D eigenvalue weighted by atomic mass is 16.3. The second kappa shape index (κ2) is 5.96. The third kappa shape index (κ3) is 3.90. The van der Waals surface area contributed by atoms with Gasteiger partial charge < -0.3 is 10.4 Å². The predicted molar refractivity (Wildman–Crippen MR) is 63.2 cm³/mol. The van der Waals surface area contributed by atoms with E-state index in [9.17, 15) is 5.11 Å². The zero-order chi connectivity index (χ0) is 12.0. The molecule has 1 heterocycles. The molecule has 0 aliphatic rings. The Morgan fingerprint density at radius 1 is 1.56 bits per heavy atom. The lowest BCUT2D eigenvalue weighted by Crippen LogP contribution is -2.32. The lowest BCUT2D eigenvalue weighted by Gasteiger charge is -2.22. The van der Waals surface area contributed by atoms with Crippen LogP contribution in [0.25, 0.3) is 0 Å². The number of aryl methyl sites for hydroxylation is 1. The van der Waals surface area contributed by atoms with Crippen molar-refractivity contribution in [1.29, 1.82) is 0 Å². The molecule has 92 valence electrons. The summed E-state index contributed by atoms with van der Waals surface area (Å²) < 4.78 is 1.87.